The number of methoxy groups -OCH3 is 1. The van der Waals surface area contributed by atoms with E-state index in [4.69, 9.17) is 34.9 Å². The molecule has 0 unspecified atom stereocenters. The zero-order chi connectivity index (χ0) is 64.7. The Morgan fingerprint density at radius 1 is 0.402 bits per heavy atom. The number of benzene rings is 8. The molecule has 0 saturated heterocycles. The molecule has 4 aliphatic heterocycles. The molecule has 0 saturated carbocycles. The Morgan fingerprint density at radius 2 is 0.663 bits per heavy atom. The Labute approximate surface area is 547 Å². The average Bonchev–Trinajstić information content (AvgIpc) is 0.765. The van der Waals surface area contributed by atoms with Crippen molar-refractivity contribution in [1.82, 2.24) is 0 Å². The highest BCUT2D eigenvalue weighted by atomic mass is 16.5. The van der Waals surface area contributed by atoms with Gasteiger partial charge in [0.1, 0.15) is 51.4 Å². The van der Waals surface area contributed by atoms with Crippen LogP contribution < -0.4 is 24.7 Å². The minimum Gasteiger partial charge on any atom is -0.468 e. The number of para-hydroxylation sites is 8. The standard InChI is InChI=1S/C21H24O3.C20H23N3O.C20H25NO.C20H24O2/c1-3-4-5-10-15-21(20(22)23-2)16-11-6-8-13-18(16)24-19-14-9-7-12-17(19)21;1-2-3-4-9-14-20(15-22-23-21)16-10-5-7-12-18(16)24-19-13-8-6-11-17(19)20;2*1-2-3-4-9-14-20(15-21)16-10-5-7-12-18(16)22-19-13-8-6-11-17(19)20/h6-9,11-14H,3-5,10,15H2,1-2H3;5-8,10-13H,2-4,9,14-15H2,1H3;5-8,10-13H,2-4,9,14-15,21H2,1H3;5-8,10-13,21H,2-4,9,14-15H2,1H3. The predicted octanol–water partition coefficient (Wildman–Crippen LogP) is 21.6. The lowest BCUT2D eigenvalue weighted by atomic mass is 9.69. The molecular formula is C81H96N4O7. The van der Waals surface area contributed by atoms with Gasteiger partial charge in [-0.2, -0.15) is 0 Å². The van der Waals surface area contributed by atoms with Crippen LogP contribution in [-0.2, 0) is 31.2 Å². The Morgan fingerprint density at radius 3 is 0.957 bits per heavy atom. The van der Waals surface area contributed by atoms with Crippen LogP contribution in [-0.4, -0.2) is 37.9 Å². The minimum absolute atomic E-state index is 0.112. The second-order valence-corrected chi connectivity index (χ2v) is 25.0. The quantitative estimate of drug-likeness (QED) is 0.0188. The number of ether oxygens (including phenoxy) is 5. The Kier molecular flexibility index (Phi) is 24.6. The fourth-order valence-electron chi connectivity index (χ4n) is 14.5. The highest BCUT2D eigenvalue weighted by Crippen LogP contribution is 2.55. The molecule has 11 heteroatoms. The highest BCUT2D eigenvalue weighted by Gasteiger charge is 2.49. The second-order valence-electron chi connectivity index (χ2n) is 25.0. The van der Waals surface area contributed by atoms with E-state index in [0.29, 0.717) is 13.1 Å². The fraction of sp³-hybridized carbons (Fsp3) is 0.395. The zero-order valence-corrected chi connectivity index (χ0v) is 55.1. The SMILES string of the molecule is CCCCCCC1(C(=O)OC)c2ccccc2Oc2ccccc21.CCCCCCC1(CN)c2ccccc2Oc2ccccc21.CCCCCCC1(CN=[N+]=[N-])c2ccccc2Oc2ccccc21.CCCCCCC1(CO)c2ccccc2Oc2ccccc21. The van der Waals surface area contributed by atoms with Crippen LogP contribution >= 0.6 is 0 Å². The van der Waals surface area contributed by atoms with Crippen LogP contribution in [0.4, 0.5) is 0 Å². The maximum Gasteiger partial charge on any atom is 0.321 e. The van der Waals surface area contributed by atoms with Crippen molar-refractivity contribution < 1.29 is 33.6 Å². The number of fused-ring (bicyclic) bond motifs is 8. The van der Waals surface area contributed by atoms with Gasteiger partial charge < -0.3 is 34.5 Å². The van der Waals surface area contributed by atoms with Crippen LogP contribution in [0.3, 0.4) is 0 Å². The molecule has 92 heavy (non-hydrogen) atoms. The molecule has 0 amide bonds. The summed E-state index contributed by atoms with van der Waals surface area (Å²) in [5, 5.41) is 14.3. The van der Waals surface area contributed by atoms with Gasteiger partial charge in [-0.1, -0.05) is 281 Å². The van der Waals surface area contributed by atoms with Crippen LogP contribution in [0.2, 0.25) is 0 Å². The summed E-state index contributed by atoms with van der Waals surface area (Å²) in [6.45, 7) is 10.0. The van der Waals surface area contributed by atoms with Crippen LogP contribution in [0.5, 0.6) is 46.0 Å². The zero-order valence-electron chi connectivity index (χ0n) is 55.1. The number of carbonyl (C=O) groups is 1. The number of esters is 1. The summed E-state index contributed by atoms with van der Waals surface area (Å²) in [6.07, 6.45) is 22.7. The van der Waals surface area contributed by atoms with Crippen molar-refractivity contribution in [3.63, 3.8) is 0 Å². The van der Waals surface area contributed by atoms with Crippen LogP contribution in [0.15, 0.2) is 199 Å². The molecule has 3 N–H and O–H groups in total. The Hall–Kier alpha value is -8.34. The average molecular weight is 1240 g/mol. The van der Waals surface area contributed by atoms with E-state index >= 15 is 0 Å². The van der Waals surface area contributed by atoms with Crippen LogP contribution in [0.25, 0.3) is 10.4 Å². The van der Waals surface area contributed by atoms with E-state index in [1.165, 1.54) is 95.3 Å². The van der Waals surface area contributed by atoms with Crippen molar-refractivity contribution >= 4 is 5.97 Å². The molecule has 4 aliphatic rings. The van der Waals surface area contributed by atoms with Crippen molar-refractivity contribution in [3.8, 4) is 46.0 Å². The van der Waals surface area contributed by atoms with Crippen molar-refractivity contribution in [3.05, 3.63) is 249 Å². The van der Waals surface area contributed by atoms with Gasteiger partial charge in [0.2, 0.25) is 0 Å². The van der Waals surface area contributed by atoms with E-state index in [-0.39, 0.29) is 28.8 Å². The maximum absolute atomic E-state index is 13.0. The smallest absolute Gasteiger partial charge is 0.321 e. The lowest BCUT2D eigenvalue weighted by Gasteiger charge is -2.39. The van der Waals surface area contributed by atoms with Crippen LogP contribution in [0, 0.1) is 0 Å². The number of nitrogens with two attached hydrogens (primary N) is 1. The summed E-state index contributed by atoms with van der Waals surface area (Å²) >= 11 is 0. The second kappa shape index (κ2) is 33.3. The number of nitrogens with zero attached hydrogens (tertiary/aromatic N) is 3. The number of aliphatic hydroxyl groups is 1. The molecule has 0 aromatic heterocycles. The molecule has 11 nitrogen and oxygen atoms in total. The van der Waals surface area contributed by atoms with Gasteiger partial charge in [-0.3, -0.25) is 4.79 Å². The Bertz CT molecular complexity index is 3410. The maximum atomic E-state index is 13.0. The number of hydrogen-bond donors (Lipinski definition) is 2. The number of hydrogen-bond acceptors (Lipinski definition) is 9. The van der Waals surface area contributed by atoms with Gasteiger partial charge in [-0.05, 0) is 79.7 Å². The normalized spacial score (nSPS) is 14.5. The topological polar surface area (TPSA) is 158 Å². The molecule has 0 atom stereocenters. The first-order valence-electron chi connectivity index (χ1n) is 34.1. The molecule has 8 aromatic carbocycles. The van der Waals surface area contributed by atoms with Gasteiger partial charge in [-0.25, -0.2) is 0 Å². The number of rotatable bonds is 25. The first kappa shape index (κ1) is 68.0. The molecule has 0 aliphatic carbocycles. The summed E-state index contributed by atoms with van der Waals surface area (Å²) in [6, 6.07) is 64.9. The van der Waals surface area contributed by atoms with E-state index in [9.17, 15) is 9.90 Å². The largest absolute Gasteiger partial charge is 0.468 e. The molecule has 0 spiro atoms. The minimum atomic E-state index is -0.784. The molecular weight excluding hydrogens is 1140 g/mol. The van der Waals surface area contributed by atoms with E-state index in [1.54, 1.807) is 0 Å². The number of aliphatic hydroxyl groups excluding tert-OH is 1. The molecule has 0 radical (unpaired) electrons. The first-order valence-corrected chi connectivity index (χ1v) is 34.1. The summed E-state index contributed by atoms with van der Waals surface area (Å²) in [7, 11) is 1.47. The third-order valence-corrected chi connectivity index (χ3v) is 19.3. The molecule has 482 valence electrons. The molecule has 12 rings (SSSR count). The summed E-state index contributed by atoms with van der Waals surface area (Å²) in [5.74, 6) is 6.72. The van der Waals surface area contributed by atoms with Gasteiger partial charge in [0.15, 0.2) is 0 Å². The third kappa shape index (κ3) is 14.6. The molecule has 0 fully saturated rings. The van der Waals surface area contributed by atoms with Gasteiger partial charge in [0, 0.05) is 73.3 Å². The van der Waals surface area contributed by atoms with E-state index < -0.39 is 5.41 Å². The van der Waals surface area contributed by atoms with Crippen molar-refractivity contribution in [2.24, 2.45) is 10.8 Å². The van der Waals surface area contributed by atoms with E-state index in [0.717, 1.165) is 131 Å². The molecule has 0 bridgehead atoms. The molecule has 8 aromatic rings. The monoisotopic (exact) mass is 1240 g/mol. The van der Waals surface area contributed by atoms with Crippen molar-refractivity contribution in [2.75, 3.05) is 26.8 Å². The van der Waals surface area contributed by atoms with Gasteiger partial charge in [0.25, 0.3) is 0 Å². The first-order chi connectivity index (χ1) is 45.2. The fourth-order valence-corrected chi connectivity index (χ4v) is 14.5. The molecule has 4 heterocycles. The van der Waals surface area contributed by atoms with Gasteiger partial charge in [-0.15, -0.1) is 0 Å². The van der Waals surface area contributed by atoms with Crippen LogP contribution in [0.1, 0.15) is 201 Å². The number of unbranched alkanes of at least 4 members (excludes halogenated alkanes) is 12. The summed E-state index contributed by atoms with van der Waals surface area (Å²) < 4.78 is 29.6. The van der Waals surface area contributed by atoms with Gasteiger partial charge in [0.05, 0.1) is 19.1 Å². The van der Waals surface area contributed by atoms with E-state index in [2.05, 4.69) is 98.4 Å². The predicted molar refractivity (Wildman–Crippen MR) is 372 cm³/mol. The summed E-state index contributed by atoms with van der Waals surface area (Å²) in [4.78, 5) is 16.0. The number of carbonyl (C=O) groups excluding carboxylic acids is 1. The third-order valence-electron chi connectivity index (χ3n) is 19.3. The van der Waals surface area contributed by atoms with Gasteiger partial charge >= 0.3 is 5.97 Å². The lowest BCUT2D eigenvalue weighted by molar-refractivity contribution is -0.146. The highest BCUT2D eigenvalue weighted by molar-refractivity contribution is 5.90. The van der Waals surface area contributed by atoms with E-state index in [1.807, 2.05) is 133 Å². The summed E-state index contributed by atoms with van der Waals surface area (Å²) in [5.41, 5.74) is 22.5. The number of azide groups is 1. The van der Waals surface area contributed by atoms with Crippen molar-refractivity contribution in [1.29, 1.82) is 0 Å². The lowest BCUT2D eigenvalue weighted by Crippen LogP contribution is -2.40. The Balaban J connectivity index is 0.000000145. The van der Waals surface area contributed by atoms with Crippen molar-refractivity contribution in [2.45, 2.75) is 178 Å².